The molecule has 0 aliphatic rings. The molecule has 0 bridgehead atoms. The van der Waals surface area contributed by atoms with Gasteiger partial charge in [0, 0.05) is 12.2 Å². The van der Waals surface area contributed by atoms with Crippen LogP contribution in [-0.4, -0.2) is 19.8 Å². The quantitative estimate of drug-likeness (QED) is 0.785. The Morgan fingerprint density at radius 1 is 1.40 bits per heavy atom. The fourth-order valence-corrected chi connectivity index (χ4v) is 1.74. The molecule has 0 aliphatic carbocycles. The maximum absolute atomic E-state index is 5.53. The molecule has 1 rings (SSSR count). The number of ether oxygens (including phenoxy) is 1. The van der Waals surface area contributed by atoms with Crippen molar-refractivity contribution in [1.29, 1.82) is 0 Å². The smallest absolute Gasteiger partial charge is 0.105 e. The highest BCUT2D eigenvalue weighted by atomic mass is 16.5. The summed E-state index contributed by atoms with van der Waals surface area (Å²) in [6, 6.07) is 2.33. The van der Waals surface area contributed by atoms with Gasteiger partial charge in [-0.2, -0.15) is 0 Å². The number of nitrogens with one attached hydrogen (secondary N) is 1. The van der Waals surface area contributed by atoms with Crippen LogP contribution >= 0.6 is 0 Å². The summed E-state index contributed by atoms with van der Waals surface area (Å²) >= 11 is 0. The average Bonchev–Trinajstić information content (AvgIpc) is 2.52. The Morgan fingerprint density at radius 3 is 2.60 bits per heavy atom. The number of hydrogen-bond acceptors (Lipinski definition) is 3. The molecular weight excluding hydrogens is 190 g/mol. The van der Waals surface area contributed by atoms with E-state index in [1.54, 1.807) is 0 Å². The molecule has 1 heterocycles. The van der Waals surface area contributed by atoms with Crippen LogP contribution in [0.3, 0.4) is 0 Å². The number of hydrogen-bond donors (Lipinski definition) is 1. The minimum atomic E-state index is 0.243. The van der Waals surface area contributed by atoms with Crippen molar-refractivity contribution in [2.45, 2.75) is 33.7 Å². The predicted octanol–water partition coefficient (Wildman–Crippen LogP) is 2.58. The lowest BCUT2D eigenvalue weighted by Crippen LogP contribution is -2.25. The largest absolute Gasteiger partial charge is 0.466 e. The summed E-state index contributed by atoms with van der Waals surface area (Å²) in [5.41, 5.74) is 1.21. The highest BCUT2D eigenvalue weighted by Gasteiger charge is 2.15. The van der Waals surface area contributed by atoms with Crippen molar-refractivity contribution in [2.75, 3.05) is 19.8 Å². The fourth-order valence-electron chi connectivity index (χ4n) is 1.74. The molecule has 0 fully saturated rings. The number of rotatable bonds is 6. The first-order valence-electron chi connectivity index (χ1n) is 5.57. The first kappa shape index (κ1) is 12.3. The van der Waals surface area contributed by atoms with Gasteiger partial charge in [-0.15, -0.1) is 0 Å². The Labute approximate surface area is 91.8 Å². The van der Waals surface area contributed by atoms with Gasteiger partial charge in [0.05, 0.1) is 12.6 Å². The minimum absolute atomic E-state index is 0.243. The van der Waals surface area contributed by atoms with E-state index in [0.29, 0.717) is 6.61 Å². The summed E-state index contributed by atoms with van der Waals surface area (Å²) in [5.74, 6) is 1.94. The van der Waals surface area contributed by atoms with E-state index in [1.165, 1.54) is 5.56 Å². The molecule has 3 nitrogen and oxygen atoms in total. The highest BCUT2D eigenvalue weighted by molar-refractivity contribution is 5.24. The fraction of sp³-hybridized carbons (Fsp3) is 0.667. The summed E-state index contributed by atoms with van der Waals surface area (Å²) in [6.07, 6.45) is 0. The maximum atomic E-state index is 5.53. The monoisotopic (exact) mass is 211 g/mol. The third-order valence-corrected chi connectivity index (χ3v) is 2.39. The second kappa shape index (κ2) is 5.93. The van der Waals surface area contributed by atoms with Crippen molar-refractivity contribution in [1.82, 2.24) is 5.32 Å². The zero-order valence-electron chi connectivity index (χ0n) is 10.1. The van der Waals surface area contributed by atoms with Crippen LogP contribution in [0.1, 0.15) is 37.0 Å². The molecule has 1 aromatic heterocycles. The Hall–Kier alpha value is -0.800. The Bertz CT molecular complexity index is 294. The summed E-state index contributed by atoms with van der Waals surface area (Å²) in [6.45, 7) is 10.5. The summed E-state index contributed by atoms with van der Waals surface area (Å²) in [5, 5.41) is 3.40. The van der Waals surface area contributed by atoms with Gasteiger partial charge < -0.3 is 14.5 Å². The van der Waals surface area contributed by atoms with Gasteiger partial charge in [0.25, 0.3) is 0 Å². The van der Waals surface area contributed by atoms with E-state index in [0.717, 1.165) is 24.7 Å². The van der Waals surface area contributed by atoms with Crippen LogP contribution < -0.4 is 5.32 Å². The van der Waals surface area contributed by atoms with Crippen LogP contribution in [0.15, 0.2) is 10.5 Å². The highest BCUT2D eigenvalue weighted by Crippen LogP contribution is 2.21. The van der Waals surface area contributed by atoms with Gasteiger partial charge in [-0.05, 0) is 33.4 Å². The molecule has 0 amide bonds. The minimum Gasteiger partial charge on any atom is -0.466 e. The topological polar surface area (TPSA) is 34.4 Å². The van der Waals surface area contributed by atoms with E-state index in [4.69, 9.17) is 9.15 Å². The molecule has 86 valence electrons. The second-order valence-electron chi connectivity index (χ2n) is 3.64. The van der Waals surface area contributed by atoms with Gasteiger partial charge >= 0.3 is 0 Å². The zero-order chi connectivity index (χ0) is 11.3. The van der Waals surface area contributed by atoms with E-state index in [1.807, 2.05) is 20.8 Å². The molecule has 0 spiro atoms. The van der Waals surface area contributed by atoms with E-state index in [2.05, 4.69) is 18.3 Å². The van der Waals surface area contributed by atoms with Gasteiger partial charge in [-0.3, -0.25) is 0 Å². The number of aryl methyl sites for hydroxylation is 2. The van der Waals surface area contributed by atoms with E-state index < -0.39 is 0 Å². The van der Waals surface area contributed by atoms with Crippen LogP contribution in [0.5, 0.6) is 0 Å². The van der Waals surface area contributed by atoms with Crippen molar-refractivity contribution < 1.29 is 9.15 Å². The molecule has 0 saturated heterocycles. The maximum Gasteiger partial charge on any atom is 0.105 e. The molecule has 1 aromatic rings. The Balaban J connectivity index is 2.73. The van der Waals surface area contributed by atoms with Gasteiger partial charge in [0.1, 0.15) is 11.5 Å². The van der Waals surface area contributed by atoms with Crippen molar-refractivity contribution in [2.24, 2.45) is 0 Å². The molecule has 1 unspecified atom stereocenters. The first-order chi connectivity index (χ1) is 7.19. The van der Waals surface area contributed by atoms with E-state index >= 15 is 0 Å². The van der Waals surface area contributed by atoms with Gasteiger partial charge in [-0.1, -0.05) is 6.92 Å². The SMILES string of the molecule is CCNC(COCC)c1cc(C)oc1C. The van der Waals surface area contributed by atoms with Crippen LogP contribution in [-0.2, 0) is 4.74 Å². The summed E-state index contributed by atoms with van der Waals surface area (Å²) < 4.78 is 11.0. The standard InChI is InChI=1S/C12H21NO2/c1-5-13-12(8-14-6-2)11-7-9(3)15-10(11)4/h7,12-13H,5-6,8H2,1-4H3. The Kier molecular flexibility index (Phi) is 4.85. The van der Waals surface area contributed by atoms with Crippen molar-refractivity contribution in [3.8, 4) is 0 Å². The number of furan rings is 1. The lowest BCUT2D eigenvalue weighted by Gasteiger charge is -2.16. The third-order valence-electron chi connectivity index (χ3n) is 2.39. The molecule has 15 heavy (non-hydrogen) atoms. The molecule has 0 radical (unpaired) electrons. The first-order valence-corrected chi connectivity index (χ1v) is 5.57. The van der Waals surface area contributed by atoms with Crippen molar-refractivity contribution in [3.05, 3.63) is 23.2 Å². The molecular formula is C12H21NO2. The van der Waals surface area contributed by atoms with Crippen LogP contribution in [0, 0.1) is 13.8 Å². The number of likely N-dealkylation sites (N-methyl/N-ethyl adjacent to an activating group) is 1. The van der Waals surface area contributed by atoms with Crippen LogP contribution in [0.2, 0.25) is 0 Å². The Morgan fingerprint density at radius 2 is 2.13 bits per heavy atom. The van der Waals surface area contributed by atoms with E-state index in [-0.39, 0.29) is 6.04 Å². The van der Waals surface area contributed by atoms with Gasteiger partial charge in [0.2, 0.25) is 0 Å². The summed E-state index contributed by atoms with van der Waals surface area (Å²) in [7, 11) is 0. The van der Waals surface area contributed by atoms with Gasteiger partial charge in [0.15, 0.2) is 0 Å². The van der Waals surface area contributed by atoms with Crippen molar-refractivity contribution in [3.63, 3.8) is 0 Å². The predicted molar refractivity (Wildman–Crippen MR) is 61.1 cm³/mol. The molecule has 0 aromatic carbocycles. The van der Waals surface area contributed by atoms with Crippen LogP contribution in [0.4, 0.5) is 0 Å². The van der Waals surface area contributed by atoms with Crippen molar-refractivity contribution >= 4 is 0 Å². The zero-order valence-corrected chi connectivity index (χ0v) is 10.1. The average molecular weight is 211 g/mol. The summed E-state index contributed by atoms with van der Waals surface area (Å²) in [4.78, 5) is 0. The molecule has 0 saturated carbocycles. The third kappa shape index (κ3) is 3.36. The molecule has 1 N–H and O–H groups in total. The molecule has 3 heteroatoms. The molecule has 1 atom stereocenters. The normalized spacial score (nSPS) is 13.1. The lowest BCUT2D eigenvalue weighted by atomic mass is 10.1. The van der Waals surface area contributed by atoms with E-state index in [9.17, 15) is 0 Å². The van der Waals surface area contributed by atoms with Crippen LogP contribution in [0.25, 0.3) is 0 Å². The van der Waals surface area contributed by atoms with Gasteiger partial charge in [-0.25, -0.2) is 0 Å². The lowest BCUT2D eigenvalue weighted by molar-refractivity contribution is 0.123. The molecule has 0 aliphatic heterocycles. The second-order valence-corrected chi connectivity index (χ2v) is 3.64.